The van der Waals surface area contributed by atoms with E-state index in [4.69, 9.17) is 24.2 Å². The number of nitrogens with one attached hydrogen (secondary N) is 3. The molecule has 54 heavy (non-hydrogen) atoms. The standard InChI is InChI=1S/C43H50N6O5/c1-41(2,3)53-39(50)48-43(20-7-8-21-43)38-45-31-18-16-28(24-33(31)46-38)26-11-13-27(14-12-26)29-15-17-30-35(25-29)52-23-19-32-36(30)47-37(44-32)34-10-9-22-49(34)40(51)54-42(4,5)6/h11-18,24-25,34H,7-10,19-23H2,1-6H3,(H,44,47)(H,45,46)(H,48,50)/t34-/m0/s1. The molecule has 8 rings (SSSR count). The van der Waals surface area contributed by atoms with Crippen molar-refractivity contribution in [3.05, 3.63) is 78.0 Å². The van der Waals surface area contributed by atoms with Crippen LogP contribution in [0.4, 0.5) is 9.59 Å². The smallest absolute Gasteiger partial charge is 0.410 e. The van der Waals surface area contributed by atoms with E-state index >= 15 is 0 Å². The monoisotopic (exact) mass is 730 g/mol. The number of hydrogen-bond donors (Lipinski definition) is 3. The first-order chi connectivity index (χ1) is 25.7. The minimum Gasteiger partial charge on any atom is -0.492 e. The van der Waals surface area contributed by atoms with Crippen molar-refractivity contribution in [1.82, 2.24) is 30.2 Å². The van der Waals surface area contributed by atoms with Crippen LogP contribution in [-0.2, 0) is 21.4 Å². The molecule has 0 bridgehead atoms. The van der Waals surface area contributed by atoms with E-state index in [0.29, 0.717) is 19.6 Å². The molecule has 1 saturated heterocycles. The molecule has 5 aromatic rings. The molecule has 3 aliphatic rings. The van der Waals surface area contributed by atoms with Gasteiger partial charge in [-0.25, -0.2) is 19.6 Å². The Kier molecular flexibility index (Phi) is 8.93. The number of nitrogens with zero attached hydrogens (tertiary/aromatic N) is 3. The molecule has 1 atom stereocenters. The van der Waals surface area contributed by atoms with Crippen LogP contribution in [0, 0.1) is 0 Å². The minimum atomic E-state index is -0.575. The number of alkyl carbamates (subject to hydrolysis) is 1. The van der Waals surface area contributed by atoms with Gasteiger partial charge >= 0.3 is 12.2 Å². The molecule has 3 N–H and O–H groups in total. The zero-order chi connectivity index (χ0) is 37.8. The van der Waals surface area contributed by atoms with Crippen molar-refractivity contribution < 1.29 is 23.8 Å². The van der Waals surface area contributed by atoms with Crippen LogP contribution in [0.3, 0.4) is 0 Å². The van der Waals surface area contributed by atoms with Gasteiger partial charge < -0.3 is 29.5 Å². The maximum absolute atomic E-state index is 13.0. The molecule has 2 aromatic heterocycles. The van der Waals surface area contributed by atoms with Gasteiger partial charge in [-0.05, 0) is 114 Å². The summed E-state index contributed by atoms with van der Waals surface area (Å²) in [5.74, 6) is 2.37. The Morgan fingerprint density at radius 3 is 2.20 bits per heavy atom. The highest BCUT2D eigenvalue weighted by molar-refractivity contribution is 5.83. The number of aromatic amines is 2. The fourth-order valence-electron chi connectivity index (χ4n) is 8.03. The van der Waals surface area contributed by atoms with E-state index < -0.39 is 22.8 Å². The van der Waals surface area contributed by atoms with Crippen LogP contribution in [0.15, 0.2) is 60.7 Å². The van der Waals surface area contributed by atoms with Gasteiger partial charge in [0.2, 0.25) is 0 Å². The molecular weight excluding hydrogens is 681 g/mol. The Labute approximate surface area is 316 Å². The van der Waals surface area contributed by atoms with Crippen LogP contribution in [0.2, 0.25) is 0 Å². The van der Waals surface area contributed by atoms with Crippen LogP contribution in [0.1, 0.15) is 103 Å². The predicted molar refractivity (Wildman–Crippen MR) is 208 cm³/mol. The average Bonchev–Trinajstić information content (AvgIpc) is 3.92. The molecule has 0 spiro atoms. The molecule has 3 aromatic carbocycles. The topological polar surface area (TPSA) is 134 Å². The van der Waals surface area contributed by atoms with Crippen molar-refractivity contribution in [2.24, 2.45) is 0 Å². The molecule has 2 amide bonds. The van der Waals surface area contributed by atoms with Crippen molar-refractivity contribution >= 4 is 23.2 Å². The lowest BCUT2D eigenvalue weighted by Gasteiger charge is -2.30. The van der Waals surface area contributed by atoms with Gasteiger partial charge in [-0.1, -0.05) is 49.2 Å². The third-order valence-electron chi connectivity index (χ3n) is 10.5. The van der Waals surface area contributed by atoms with Crippen LogP contribution in [-0.4, -0.2) is 61.4 Å². The van der Waals surface area contributed by atoms with Gasteiger partial charge in [0.25, 0.3) is 0 Å². The summed E-state index contributed by atoms with van der Waals surface area (Å²) in [6, 6.07) is 21.0. The van der Waals surface area contributed by atoms with E-state index in [2.05, 4.69) is 69.9 Å². The minimum absolute atomic E-state index is 0.143. The van der Waals surface area contributed by atoms with E-state index in [1.54, 1.807) is 4.90 Å². The fraction of sp³-hybridized carbons (Fsp3) is 0.442. The van der Waals surface area contributed by atoms with Crippen molar-refractivity contribution in [2.45, 2.75) is 109 Å². The fourth-order valence-corrected chi connectivity index (χ4v) is 8.03. The van der Waals surface area contributed by atoms with E-state index in [1.165, 1.54) is 0 Å². The third kappa shape index (κ3) is 7.15. The molecule has 2 fully saturated rings. The number of rotatable bonds is 5. The zero-order valence-electron chi connectivity index (χ0n) is 32.1. The number of fused-ring (bicyclic) bond motifs is 4. The second-order valence-electron chi connectivity index (χ2n) is 16.9. The number of H-pyrrole nitrogens is 2. The molecule has 0 radical (unpaired) electrons. The number of imidazole rings is 2. The summed E-state index contributed by atoms with van der Waals surface area (Å²) in [7, 11) is 0. The number of aromatic nitrogens is 4. The Balaban J connectivity index is 1.01. The molecule has 282 valence electrons. The molecular formula is C43H50N6O5. The summed E-state index contributed by atoms with van der Waals surface area (Å²) in [6.45, 7) is 12.5. The predicted octanol–water partition coefficient (Wildman–Crippen LogP) is 9.59. The Hall–Kier alpha value is -5.32. The Morgan fingerprint density at radius 1 is 0.833 bits per heavy atom. The summed E-state index contributed by atoms with van der Waals surface area (Å²) in [5.41, 5.74) is 7.24. The number of amides is 2. The third-order valence-corrected chi connectivity index (χ3v) is 10.5. The molecule has 4 heterocycles. The number of carbonyl (C=O) groups excluding carboxylic acids is 2. The van der Waals surface area contributed by atoms with E-state index in [1.807, 2.05) is 47.6 Å². The van der Waals surface area contributed by atoms with E-state index in [-0.39, 0.29) is 12.1 Å². The first-order valence-electron chi connectivity index (χ1n) is 19.2. The lowest BCUT2D eigenvalue weighted by Crippen LogP contribution is -2.46. The molecule has 1 saturated carbocycles. The first-order valence-corrected chi connectivity index (χ1v) is 19.2. The van der Waals surface area contributed by atoms with E-state index in [0.717, 1.165) is 106 Å². The number of likely N-dealkylation sites (tertiary alicyclic amines) is 1. The van der Waals surface area contributed by atoms with Gasteiger partial charge in [-0.3, -0.25) is 4.90 Å². The van der Waals surface area contributed by atoms with Crippen LogP contribution in [0.25, 0.3) is 44.5 Å². The normalized spacial score (nSPS) is 18.1. The van der Waals surface area contributed by atoms with Gasteiger partial charge in [0.1, 0.15) is 34.1 Å². The average molecular weight is 731 g/mol. The zero-order valence-corrected chi connectivity index (χ0v) is 32.1. The highest BCUT2D eigenvalue weighted by Crippen LogP contribution is 2.41. The number of hydrogen-bond acceptors (Lipinski definition) is 7. The van der Waals surface area contributed by atoms with Gasteiger partial charge in [0.05, 0.1) is 29.4 Å². The highest BCUT2D eigenvalue weighted by Gasteiger charge is 2.41. The second-order valence-corrected chi connectivity index (χ2v) is 16.9. The van der Waals surface area contributed by atoms with Crippen molar-refractivity contribution in [1.29, 1.82) is 0 Å². The summed E-state index contributed by atoms with van der Waals surface area (Å²) in [6.07, 6.45) is 5.39. The van der Waals surface area contributed by atoms with Gasteiger partial charge in [-0.2, -0.15) is 0 Å². The largest absolute Gasteiger partial charge is 0.492 e. The van der Waals surface area contributed by atoms with Gasteiger partial charge in [-0.15, -0.1) is 0 Å². The maximum Gasteiger partial charge on any atom is 0.410 e. The Morgan fingerprint density at radius 2 is 1.50 bits per heavy atom. The second kappa shape index (κ2) is 13.5. The summed E-state index contributed by atoms with van der Waals surface area (Å²) >= 11 is 0. The van der Waals surface area contributed by atoms with Crippen LogP contribution < -0.4 is 10.1 Å². The van der Waals surface area contributed by atoms with Crippen molar-refractivity contribution in [3.63, 3.8) is 0 Å². The van der Waals surface area contributed by atoms with Crippen molar-refractivity contribution in [3.8, 4) is 39.3 Å². The number of ether oxygens (including phenoxy) is 3. The number of carbonyl (C=O) groups is 2. The summed E-state index contributed by atoms with van der Waals surface area (Å²) in [5, 5.41) is 3.16. The van der Waals surface area contributed by atoms with Gasteiger partial charge in [0, 0.05) is 24.2 Å². The van der Waals surface area contributed by atoms with Crippen LogP contribution in [0.5, 0.6) is 5.75 Å². The molecule has 1 aliphatic carbocycles. The molecule has 2 aliphatic heterocycles. The Bertz CT molecular complexity index is 2200. The van der Waals surface area contributed by atoms with Crippen LogP contribution >= 0.6 is 0 Å². The molecule has 0 unspecified atom stereocenters. The van der Waals surface area contributed by atoms with Gasteiger partial charge in [0.15, 0.2) is 0 Å². The van der Waals surface area contributed by atoms with Crippen molar-refractivity contribution in [2.75, 3.05) is 13.2 Å². The highest BCUT2D eigenvalue weighted by atomic mass is 16.6. The first kappa shape index (κ1) is 35.7. The summed E-state index contributed by atoms with van der Waals surface area (Å²) < 4.78 is 17.6. The quantitative estimate of drug-likeness (QED) is 0.164. The lowest BCUT2D eigenvalue weighted by atomic mass is 9.97. The summed E-state index contributed by atoms with van der Waals surface area (Å²) in [4.78, 5) is 44.7. The lowest BCUT2D eigenvalue weighted by molar-refractivity contribution is 0.0218. The SMILES string of the molecule is CC(C)(C)OC(=O)NC1(c2nc3ccc(-c4ccc(-c5ccc6c(c5)OCCc5[nH]c([C@@H]7CCCN7C(=O)OC(C)(C)C)nc5-6)cc4)cc3[nH]2)CCCC1. The van der Waals surface area contributed by atoms with E-state index in [9.17, 15) is 9.59 Å². The molecule has 11 nitrogen and oxygen atoms in total. The number of benzene rings is 3. The maximum atomic E-state index is 13.0. The molecule has 11 heteroatoms.